The van der Waals surface area contributed by atoms with Gasteiger partial charge in [0.25, 0.3) is 0 Å². The average Bonchev–Trinajstić information content (AvgIpc) is 2.43. The van der Waals surface area contributed by atoms with Crippen LogP contribution in [-0.4, -0.2) is 37.3 Å². The molecule has 1 aliphatic rings. The summed E-state index contributed by atoms with van der Waals surface area (Å²) in [6, 6.07) is -0.143. The molecule has 1 unspecified atom stereocenters. The van der Waals surface area contributed by atoms with E-state index in [0.717, 1.165) is 25.8 Å². The Hall–Kier alpha value is -0.610. The Morgan fingerprint density at radius 3 is 2.37 bits per heavy atom. The summed E-state index contributed by atoms with van der Waals surface area (Å²) in [4.78, 5) is 11.9. The molecule has 0 radical (unpaired) electrons. The maximum Gasteiger partial charge on any atom is 0.236 e. The van der Waals surface area contributed by atoms with Gasteiger partial charge in [-0.3, -0.25) is 4.79 Å². The average molecular weight is 270 g/mol. The van der Waals surface area contributed by atoms with Crippen LogP contribution in [-0.2, 0) is 4.79 Å². The minimum atomic E-state index is -0.143. The molecule has 0 spiro atoms. The highest BCUT2D eigenvalue weighted by Crippen LogP contribution is 2.35. The summed E-state index contributed by atoms with van der Waals surface area (Å²) in [6.45, 7) is 5.22. The van der Waals surface area contributed by atoms with E-state index in [9.17, 15) is 9.90 Å². The van der Waals surface area contributed by atoms with Crippen molar-refractivity contribution in [3.8, 4) is 0 Å². The van der Waals surface area contributed by atoms with Gasteiger partial charge in [0.15, 0.2) is 0 Å². The van der Waals surface area contributed by atoms with Crippen LogP contribution in [0.2, 0.25) is 0 Å². The first-order valence-electron chi connectivity index (χ1n) is 7.59. The van der Waals surface area contributed by atoms with Crippen LogP contribution in [0.5, 0.6) is 0 Å². The molecule has 0 aromatic rings. The fourth-order valence-electron chi connectivity index (χ4n) is 2.96. The van der Waals surface area contributed by atoms with Crippen molar-refractivity contribution >= 4 is 5.91 Å². The Kier molecular flexibility index (Phi) is 6.80. The Morgan fingerprint density at radius 2 is 1.89 bits per heavy atom. The van der Waals surface area contributed by atoms with E-state index < -0.39 is 0 Å². The molecule has 1 rings (SSSR count). The van der Waals surface area contributed by atoms with E-state index in [2.05, 4.69) is 24.5 Å². The molecule has 0 aromatic heterocycles. The Labute approximate surface area is 117 Å². The highest BCUT2D eigenvalue weighted by molar-refractivity contribution is 5.81. The molecule has 4 nitrogen and oxygen atoms in total. The van der Waals surface area contributed by atoms with Crippen LogP contribution in [0.3, 0.4) is 0 Å². The lowest BCUT2D eigenvalue weighted by Crippen LogP contribution is -2.49. The lowest BCUT2D eigenvalue weighted by atomic mass is 9.74. The lowest BCUT2D eigenvalue weighted by molar-refractivity contribution is -0.123. The first kappa shape index (κ1) is 16.4. The number of rotatable bonds is 7. The van der Waals surface area contributed by atoms with Gasteiger partial charge in [-0.1, -0.05) is 33.1 Å². The van der Waals surface area contributed by atoms with Gasteiger partial charge in [-0.05, 0) is 25.2 Å². The molecule has 0 aromatic carbocycles. The molecule has 0 bridgehead atoms. The molecule has 1 saturated carbocycles. The number of amides is 1. The summed E-state index contributed by atoms with van der Waals surface area (Å²) in [6.07, 6.45) is 6.62. The second kappa shape index (κ2) is 7.85. The largest absolute Gasteiger partial charge is 0.396 e. The van der Waals surface area contributed by atoms with Gasteiger partial charge in [-0.2, -0.15) is 0 Å². The first-order chi connectivity index (χ1) is 9.03. The minimum Gasteiger partial charge on any atom is -0.396 e. The number of carbonyl (C=O) groups is 1. The van der Waals surface area contributed by atoms with Gasteiger partial charge in [0.2, 0.25) is 5.91 Å². The molecule has 1 fully saturated rings. The molecular weight excluding hydrogens is 240 g/mol. The van der Waals surface area contributed by atoms with Crippen LogP contribution in [0.4, 0.5) is 0 Å². The van der Waals surface area contributed by atoms with Crippen molar-refractivity contribution < 1.29 is 9.90 Å². The van der Waals surface area contributed by atoms with Gasteiger partial charge >= 0.3 is 0 Å². The lowest BCUT2D eigenvalue weighted by Gasteiger charge is -2.37. The number of hydrogen-bond acceptors (Lipinski definition) is 3. The summed E-state index contributed by atoms with van der Waals surface area (Å²) < 4.78 is 0. The van der Waals surface area contributed by atoms with E-state index in [1.54, 1.807) is 7.05 Å². The maximum atomic E-state index is 11.9. The quantitative estimate of drug-likeness (QED) is 0.659. The molecular formula is C15H30N2O2. The summed E-state index contributed by atoms with van der Waals surface area (Å²) in [5.74, 6) is 0.531. The van der Waals surface area contributed by atoms with E-state index in [1.807, 2.05) is 0 Å². The van der Waals surface area contributed by atoms with E-state index in [0.29, 0.717) is 5.92 Å². The normalized spacial score (nSPS) is 20.3. The van der Waals surface area contributed by atoms with E-state index in [-0.39, 0.29) is 24.0 Å². The van der Waals surface area contributed by atoms with E-state index in [1.165, 1.54) is 19.3 Å². The number of nitrogens with one attached hydrogen (secondary N) is 2. The smallest absolute Gasteiger partial charge is 0.236 e. The second-order valence-corrected chi connectivity index (χ2v) is 6.40. The summed E-state index contributed by atoms with van der Waals surface area (Å²) in [5.41, 5.74) is -0.0124. The van der Waals surface area contributed by atoms with Crippen molar-refractivity contribution in [3.05, 3.63) is 0 Å². The highest BCUT2D eigenvalue weighted by Gasteiger charge is 2.32. The Bertz CT molecular complexity index is 273. The van der Waals surface area contributed by atoms with Gasteiger partial charge in [0, 0.05) is 25.6 Å². The molecule has 0 saturated heterocycles. The molecule has 0 heterocycles. The van der Waals surface area contributed by atoms with Gasteiger partial charge in [0.1, 0.15) is 0 Å². The molecule has 4 heteroatoms. The number of hydrogen-bond donors (Lipinski definition) is 3. The van der Waals surface area contributed by atoms with Gasteiger partial charge in [0.05, 0.1) is 6.04 Å². The van der Waals surface area contributed by atoms with E-state index >= 15 is 0 Å². The second-order valence-electron chi connectivity index (χ2n) is 6.40. The monoisotopic (exact) mass is 270 g/mol. The molecule has 1 amide bonds. The van der Waals surface area contributed by atoms with Crippen LogP contribution in [0, 0.1) is 11.3 Å². The van der Waals surface area contributed by atoms with Crippen LogP contribution in [0.1, 0.15) is 52.4 Å². The predicted octanol–water partition coefficient (Wildman–Crippen LogP) is 1.68. The summed E-state index contributed by atoms with van der Waals surface area (Å²) in [7, 11) is 1.68. The van der Waals surface area contributed by atoms with E-state index in [4.69, 9.17) is 0 Å². The number of aliphatic hydroxyl groups excluding tert-OH is 1. The third kappa shape index (κ3) is 5.11. The summed E-state index contributed by atoms with van der Waals surface area (Å²) >= 11 is 0. The first-order valence-corrected chi connectivity index (χ1v) is 7.59. The molecule has 0 aliphatic heterocycles. The standard InChI is InChI=1S/C15H30N2O2/c1-12(2)9-13(14(19)16-3)17-10-15(11-18)7-5-4-6-8-15/h12-13,17-18H,4-11H2,1-3H3,(H,16,19). The van der Waals surface area contributed by atoms with Crippen molar-refractivity contribution in [2.45, 2.75) is 58.4 Å². The molecule has 112 valence electrons. The highest BCUT2D eigenvalue weighted by atomic mass is 16.3. The van der Waals surface area contributed by atoms with Gasteiger partial charge in [-0.15, -0.1) is 0 Å². The zero-order valence-electron chi connectivity index (χ0n) is 12.7. The van der Waals surface area contributed by atoms with Crippen molar-refractivity contribution in [1.82, 2.24) is 10.6 Å². The number of likely N-dealkylation sites (N-methyl/N-ethyl adjacent to an activating group) is 1. The van der Waals surface area contributed by atoms with Crippen molar-refractivity contribution in [2.24, 2.45) is 11.3 Å². The van der Waals surface area contributed by atoms with Crippen molar-refractivity contribution in [1.29, 1.82) is 0 Å². The molecule has 3 N–H and O–H groups in total. The third-order valence-electron chi connectivity index (χ3n) is 4.24. The molecule has 1 atom stereocenters. The molecule has 19 heavy (non-hydrogen) atoms. The van der Waals surface area contributed by atoms with Gasteiger partial charge < -0.3 is 15.7 Å². The maximum absolute atomic E-state index is 11.9. The zero-order chi connectivity index (χ0) is 14.3. The van der Waals surface area contributed by atoms with Gasteiger partial charge in [-0.25, -0.2) is 0 Å². The topological polar surface area (TPSA) is 61.4 Å². The van der Waals surface area contributed by atoms with Crippen molar-refractivity contribution in [3.63, 3.8) is 0 Å². The van der Waals surface area contributed by atoms with Crippen LogP contribution < -0.4 is 10.6 Å². The molecule has 1 aliphatic carbocycles. The minimum absolute atomic E-state index is 0.0124. The van der Waals surface area contributed by atoms with Crippen LogP contribution in [0.15, 0.2) is 0 Å². The zero-order valence-corrected chi connectivity index (χ0v) is 12.7. The predicted molar refractivity (Wildman–Crippen MR) is 77.9 cm³/mol. The van der Waals surface area contributed by atoms with Crippen molar-refractivity contribution in [2.75, 3.05) is 20.2 Å². The summed E-state index contributed by atoms with van der Waals surface area (Å²) in [5, 5.41) is 15.8. The third-order valence-corrected chi connectivity index (χ3v) is 4.24. The number of carbonyl (C=O) groups excluding carboxylic acids is 1. The Morgan fingerprint density at radius 1 is 1.26 bits per heavy atom. The van der Waals surface area contributed by atoms with Crippen LogP contribution >= 0.6 is 0 Å². The Balaban J connectivity index is 2.55. The SMILES string of the molecule is CNC(=O)C(CC(C)C)NCC1(CO)CCCCC1. The van der Waals surface area contributed by atoms with Crippen LogP contribution in [0.25, 0.3) is 0 Å². The fourth-order valence-corrected chi connectivity index (χ4v) is 2.96. The number of aliphatic hydroxyl groups is 1. The fraction of sp³-hybridized carbons (Fsp3) is 0.933.